The van der Waals surface area contributed by atoms with Gasteiger partial charge < -0.3 is 10.1 Å². The van der Waals surface area contributed by atoms with E-state index in [1.165, 1.54) is 10.5 Å². The quantitative estimate of drug-likeness (QED) is 0.643. The van der Waals surface area contributed by atoms with Crippen LogP contribution in [-0.2, 0) is 11.3 Å². The van der Waals surface area contributed by atoms with Crippen LogP contribution in [0.4, 0.5) is 0 Å². The molecule has 2 rings (SSSR count). The van der Waals surface area contributed by atoms with E-state index in [1.54, 1.807) is 11.8 Å². The van der Waals surface area contributed by atoms with Crippen molar-refractivity contribution in [1.82, 2.24) is 10.2 Å². The number of nitrogens with one attached hydrogen (secondary N) is 1. The fourth-order valence-electron chi connectivity index (χ4n) is 2.04. The molecule has 0 spiro atoms. The Morgan fingerprint density at radius 2 is 1.89 bits per heavy atom. The maximum Gasteiger partial charge on any atom is 0.0594 e. The number of ether oxygens (including phenoxy) is 1. The molecule has 0 bridgehead atoms. The Bertz CT molecular complexity index is 342. The largest absolute Gasteiger partial charge is 0.379 e. The molecule has 0 radical (unpaired) electrons. The van der Waals surface area contributed by atoms with Gasteiger partial charge in [-0.1, -0.05) is 12.1 Å². The van der Waals surface area contributed by atoms with E-state index >= 15 is 0 Å². The standard InChI is InChI=1S/C14H22N2OS.ClH/c1-18-14-4-2-13(3-5-14)12-15-6-7-16-8-10-17-11-9-16;/h2-5,15H,6-12H2,1H3;1H. The number of hydrogen-bond donors (Lipinski definition) is 1. The van der Waals surface area contributed by atoms with Crippen LogP contribution in [0.5, 0.6) is 0 Å². The van der Waals surface area contributed by atoms with Crippen molar-refractivity contribution in [3.05, 3.63) is 29.8 Å². The molecule has 1 N–H and O–H groups in total. The van der Waals surface area contributed by atoms with Crippen LogP contribution in [0.3, 0.4) is 0 Å². The summed E-state index contributed by atoms with van der Waals surface area (Å²) in [6.07, 6.45) is 2.11. The topological polar surface area (TPSA) is 24.5 Å². The van der Waals surface area contributed by atoms with Crippen molar-refractivity contribution in [1.29, 1.82) is 0 Å². The van der Waals surface area contributed by atoms with Gasteiger partial charge >= 0.3 is 0 Å². The summed E-state index contributed by atoms with van der Waals surface area (Å²) in [6.45, 7) is 7.04. The molecule has 5 heteroatoms. The Morgan fingerprint density at radius 3 is 2.53 bits per heavy atom. The second-order valence-corrected chi connectivity index (χ2v) is 5.36. The van der Waals surface area contributed by atoms with Crippen molar-refractivity contribution < 1.29 is 4.74 Å². The van der Waals surface area contributed by atoms with Crippen LogP contribution in [0.15, 0.2) is 29.2 Å². The molecule has 1 heterocycles. The van der Waals surface area contributed by atoms with Gasteiger partial charge in [0.1, 0.15) is 0 Å². The Morgan fingerprint density at radius 1 is 1.21 bits per heavy atom. The molecule has 1 aliphatic rings. The molecular weight excluding hydrogens is 280 g/mol. The van der Waals surface area contributed by atoms with E-state index in [4.69, 9.17) is 4.74 Å². The molecule has 1 aromatic rings. The van der Waals surface area contributed by atoms with Crippen molar-refractivity contribution in [2.24, 2.45) is 0 Å². The summed E-state index contributed by atoms with van der Waals surface area (Å²) in [7, 11) is 0. The van der Waals surface area contributed by atoms with Crippen molar-refractivity contribution >= 4 is 24.2 Å². The molecule has 0 saturated carbocycles. The van der Waals surface area contributed by atoms with E-state index in [9.17, 15) is 0 Å². The van der Waals surface area contributed by atoms with Gasteiger partial charge in [-0.15, -0.1) is 24.2 Å². The monoisotopic (exact) mass is 302 g/mol. The van der Waals surface area contributed by atoms with E-state index in [1.807, 2.05) is 0 Å². The van der Waals surface area contributed by atoms with Crippen molar-refractivity contribution in [3.8, 4) is 0 Å². The minimum Gasteiger partial charge on any atom is -0.379 e. The second-order valence-electron chi connectivity index (χ2n) is 4.48. The summed E-state index contributed by atoms with van der Waals surface area (Å²) < 4.78 is 5.33. The third-order valence-electron chi connectivity index (χ3n) is 3.20. The van der Waals surface area contributed by atoms with Crippen LogP contribution in [0.25, 0.3) is 0 Å². The Balaban J connectivity index is 0.00000180. The average Bonchev–Trinajstić information content (AvgIpc) is 2.45. The predicted molar refractivity (Wildman–Crippen MR) is 84.4 cm³/mol. The number of benzene rings is 1. The Labute approximate surface area is 126 Å². The lowest BCUT2D eigenvalue weighted by Crippen LogP contribution is -2.40. The lowest BCUT2D eigenvalue weighted by Gasteiger charge is -2.26. The third kappa shape index (κ3) is 6.15. The van der Waals surface area contributed by atoms with Crippen LogP contribution >= 0.6 is 24.2 Å². The molecule has 0 amide bonds. The summed E-state index contributed by atoms with van der Waals surface area (Å²) >= 11 is 1.79. The van der Waals surface area contributed by atoms with Gasteiger partial charge in [0, 0.05) is 37.6 Å². The molecule has 1 aliphatic heterocycles. The zero-order valence-corrected chi connectivity index (χ0v) is 13.1. The molecule has 0 atom stereocenters. The second kappa shape index (κ2) is 9.61. The highest BCUT2D eigenvalue weighted by molar-refractivity contribution is 7.98. The first kappa shape index (κ1) is 16.8. The van der Waals surface area contributed by atoms with Gasteiger partial charge in [0.05, 0.1) is 13.2 Å². The smallest absolute Gasteiger partial charge is 0.0594 e. The maximum absolute atomic E-state index is 5.33. The van der Waals surface area contributed by atoms with E-state index in [2.05, 4.69) is 40.7 Å². The molecule has 3 nitrogen and oxygen atoms in total. The Hall–Kier alpha value is -0.260. The highest BCUT2D eigenvalue weighted by Crippen LogP contribution is 2.14. The van der Waals surface area contributed by atoms with E-state index in [0.717, 1.165) is 45.9 Å². The van der Waals surface area contributed by atoms with Crippen molar-refractivity contribution in [3.63, 3.8) is 0 Å². The summed E-state index contributed by atoms with van der Waals surface area (Å²) in [5.74, 6) is 0. The van der Waals surface area contributed by atoms with Crippen LogP contribution < -0.4 is 5.32 Å². The zero-order chi connectivity index (χ0) is 12.6. The van der Waals surface area contributed by atoms with E-state index in [-0.39, 0.29) is 12.4 Å². The number of hydrogen-bond acceptors (Lipinski definition) is 4. The molecule has 108 valence electrons. The minimum absolute atomic E-state index is 0. The van der Waals surface area contributed by atoms with Gasteiger partial charge in [-0.05, 0) is 24.0 Å². The average molecular weight is 303 g/mol. The van der Waals surface area contributed by atoms with Gasteiger partial charge in [-0.2, -0.15) is 0 Å². The van der Waals surface area contributed by atoms with Crippen LogP contribution in [0, 0.1) is 0 Å². The lowest BCUT2D eigenvalue weighted by atomic mass is 10.2. The molecule has 0 aliphatic carbocycles. The number of rotatable bonds is 6. The SMILES string of the molecule is CSc1ccc(CNCCN2CCOCC2)cc1.Cl. The maximum atomic E-state index is 5.33. The zero-order valence-electron chi connectivity index (χ0n) is 11.4. The minimum atomic E-state index is 0. The lowest BCUT2D eigenvalue weighted by molar-refractivity contribution is 0.0384. The molecule has 1 saturated heterocycles. The van der Waals surface area contributed by atoms with E-state index in [0.29, 0.717) is 0 Å². The van der Waals surface area contributed by atoms with Gasteiger partial charge in [0.15, 0.2) is 0 Å². The highest BCUT2D eigenvalue weighted by atomic mass is 35.5. The van der Waals surface area contributed by atoms with Crippen molar-refractivity contribution in [2.45, 2.75) is 11.4 Å². The third-order valence-corrected chi connectivity index (χ3v) is 3.94. The molecule has 19 heavy (non-hydrogen) atoms. The molecular formula is C14H23ClN2OS. The summed E-state index contributed by atoms with van der Waals surface area (Å²) in [5.41, 5.74) is 1.36. The van der Waals surface area contributed by atoms with Crippen LogP contribution in [-0.4, -0.2) is 50.5 Å². The fraction of sp³-hybridized carbons (Fsp3) is 0.571. The van der Waals surface area contributed by atoms with Gasteiger partial charge in [-0.25, -0.2) is 0 Å². The Kier molecular flexibility index (Phi) is 8.50. The molecule has 0 unspecified atom stereocenters. The first-order valence-electron chi connectivity index (χ1n) is 6.52. The molecule has 1 fully saturated rings. The molecule has 0 aromatic heterocycles. The van der Waals surface area contributed by atoms with Gasteiger partial charge in [0.2, 0.25) is 0 Å². The predicted octanol–water partition coefficient (Wildman–Crippen LogP) is 2.25. The molecule has 1 aromatic carbocycles. The van der Waals surface area contributed by atoms with Crippen LogP contribution in [0.2, 0.25) is 0 Å². The van der Waals surface area contributed by atoms with Crippen molar-refractivity contribution in [2.75, 3.05) is 45.6 Å². The fourth-order valence-corrected chi connectivity index (χ4v) is 2.45. The van der Waals surface area contributed by atoms with E-state index < -0.39 is 0 Å². The summed E-state index contributed by atoms with van der Waals surface area (Å²) in [5, 5.41) is 3.50. The van der Waals surface area contributed by atoms with Gasteiger partial charge in [0.25, 0.3) is 0 Å². The number of halogens is 1. The first-order valence-corrected chi connectivity index (χ1v) is 7.75. The first-order chi connectivity index (χ1) is 8.88. The van der Waals surface area contributed by atoms with Gasteiger partial charge in [-0.3, -0.25) is 4.90 Å². The summed E-state index contributed by atoms with van der Waals surface area (Å²) in [6, 6.07) is 8.77. The highest BCUT2D eigenvalue weighted by Gasteiger charge is 2.08. The normalized spacial score (nSPS) is 16.1. The number of nitrogens with zero attached hydrogens (tertiary/aromatic N) is 1. The van der Waals surface area contributed by atoms with Crippen LogP contribution in [0.1, 0.15) is 5.56 Å². The number of morpholine rings is 1. The summed E-state index contributed by atoms with van der Waals surface area (Å²) in [4.78, 5) is 3.78. The number of thioether (sulfide) groups is 1.